The van der Waals surface area contributed by atoms with Crippen LogP contribution >= 0.6 is 0 Å². The van der Waals surface area contributed by atoms with Gasteiger partial charge in [0, 0.05) is 25.0 Å². The molecule has 122 valence electrons. The standard InChI is InChI=1S/C13H24N2O5S/c1-4-20-13(17)8-15(10(2)3)12(16)7-11-9-21(18,19)6-5-14-11/h10-11,14H,4-9H2,1-3H3. The zero-order chi connectivity index (χ0) is 16.0. The number of hydrogen-bond acceptors (Lipinski definition) is 6. The lowest BCUT2D eigenvalue weighted by Crippen LogP contribution is -2.49. The van der Waals surface area contributed by atoms with Crippen molar-refractivity contribution in [3.05, 3.63) is 0 Å². The molecule has 1 aliphatic heterocycles. The Hall–Kier alpha value is -1.15. The van der Waals surface area contributed by atoms with Gasteiger partial charge >= 0.3 is 5.97 Å². The molecule has 1 unspecified atom stereocenters. The van der Waals surface area contributed by atoms with Crippen LogP contribution in [0.5, 0.6) is 0 Å². The van der Waals surface area contributed by atoms with Crippen molar-refractivity contribution in [2.24, 2.45) is 0 Å². The number of carbonyl (C=O) groups is 2. The van der Waals surface area contributed by atoms with Crippen molar-refractivity contribution in [2.75, 3.05) is 31.2 Å². The summed E-state index contributed by atoms with van der Waals surface area (Å²) >= 11 is 0. The summed E-state index contributed by atoms with van der Waals surface area (Å²) in [6.45, 7) is 5.84. The maximum absolute atomic E-state index is 12.3. The van der Waals surface area contributed by atoms with Gasteiger partial charge in [-0.25, -0.2) is 8.42 Å². The summed E-state index contributed by atoms with van der Waals surface area (Å²) in [4.78, 5) is 25.2. The average Bonchev–Trinajstić information content (AvgIpc) is 2.34. The smallest absolute Gasteiger partial charge is 0.325 e. The molecule has 0 aromatic rings. The summed E-state index contributed by atoms with van der Waals surface area (Å²) < 4.78 is 28.0. The molecular formula is C13H24N2O5S. The third kappa shape index (κ3) is 6.01. The summed E-state index contributed by atoms with van der Waals surface area (Å²) in [5.74, 6) is -0.630. The topological polar surface area (TPSA) is 92.8 Å². The van der Waals surface area contributed by atoms with Gasteiger partial charge in [-0.1, -0.05) is 0 Å². The summed E-state index contributed by atoms with van der Waals surface area (Å²) in [5.41, 5.74) is 0. The Morgan fingerprint density at radius 2 is 2.05 bits per heavy atom. The van der Waals surface area contributed by atoms with Crippen LogP contribution in [-0.2, 0) is 24.2 Å². The number of esters is 1. The molecule has 0 radical (unpaired) electrons. The molecule has 21 heavy (non-hydrogen) atoms. The van der Waals surface area contributed by atoms with Crippen LogP contribution in [0.4, 0.5) is 0 Å². The van der Waals surface area contributed by atoms with Crippen LogP contribution in [0.2, 0.25) is 0 Å². The average molecular weight is 320 g/mol. The predicted molar refractivity (Wildman–Crippen MR) is 78.5 cm³/mol. The van der Waals surface area contributed by atoms with Crippen molar-refractivity contribution in [3.8, 4) is 0 Å². The Morgan fingerprint density at radius 1 is 1.38 bits per heavy atom. The van der Waals surface area contributed by atoms with E-state index in [9.17, 15) is 18.0 Å². The minimum Gasteiger partial charge on any atom is -0.465 e. The maximum atomic E-state index is 12.3. The van der Waals surface area contributed by atoms with Crippen LogP contribution in [-0.4, -0.2) is 68.5 Å². The zero-order valence-electron chi connectivity index (χ0n) is 12.8. The van der Waals surface area contributed by atoms with Gasteiger partial charge in [-0.05, 0) is 20.8 Å². The molecule has 0 spiro atoms. The monoisotopic (exact) mass is 320 g/mol. The number of amides is 1. The van der Waals surface area contributed by atoms with Crippen LogP contribution in [0.1, 0.15) is 27.2 Å². The number of nitrogens with zero attached hydrogens (tertiary/aromatic N) is 1. The fourth-order valence-corrected chi connectivity index (χ4v) is 3.68. The highest BCUT2D eigenvalue weighted by Gasteiger charge is 2.29. The Bertz CT molecular complexity index is 475. The Morgan fingerprint density at radius 3 is 2.57 bits per heavy atom. The SMILES string of the molecule is CCOC(=O)CN(C(=O)CC1CS(=O)(=O)CCN1)C(C)C. The number of carbonyl (C=O) groups excluding carboxylic acids is 2. The third-order valence-corrected chi connectivity index (χ3v) is 5.01. The summed E-state index contributed by atoms with van der Waals surface area (Å²) in [6.07, 6.45) is 0.0663. The van der Waals surface area contributed by atoms with Gasteiger partial charge in [0.2, 0.25) is 5.91 Å². The predicted octanol–water partition coefficient (Wildman–Crippen LogP) is -0.437. The Kier molecular flexibility index (Phi) is 6.60. The molecule has 0 aliphatic carbocycles. The van der Waals surface area contributed by atoms with Gasteiger partial charge in [-0.3, -0.25) is 9.59 Å². The molecule has 1 saturated heterocycles. The van der Waals surface area contributed by atoms with Gasteiger partial charge < -0.3 is 15.0 Å². The van der Waals surface area contributed by atoms with Gasteiger partial charge in [0.1, 0.15) is 6.54 Å². The fraction of sp³-hybridized carbons (Fsp3) is 0.846. The Balaban J connectivity index is 2.62. The van der Waals surface area contributed by atoms with E-state index < -0.39 is 15.8 Å². The molecule has 0 aromatic carbocycles. The summed E-state index contributed by atoms with van der Waals surface area (Å²) in [7, 11) is -3.08. The van der Waals surface area contributed by atoms with Gasteiger partial charge in [0.05, 0.1) is 18.1 Å². The second kappa shape index (κ2) is 7.74. The van der Waals surface area contributed by atoms with Crippen molar-refractivity contribution < 1.29 is 22.7 Å². The summed E-state index contributed by atoms with van der Waals surface area (Å²) in [6, 6.07) is -0.540. The molecule has 8 heteroatoms. The highest BCUT2D eigenvalue weighted by atomic mass is 32.2. The van der Waals surface area contributed by atoms with Crippen LogP contribution in [0.3, 0.4) is 0 Å². The number of ether oxygens (including phenoxy) is 1. The molecule has 0 saturated carbocycles. The molecule has 1 aliphatic rings. The molecule has 0 bridgehead atoms. The van der Waals surface area contributed by atoms with Crippen molar-refractivity contribution in [1.82, 2.24) is 10.2 Å². The lowest BCUT2D eigenvalue weighted by Gasteiger charge is -2.29. The zero-order valence-corrected chi connectivity index (χ0v) is 13.6. The second-order valence-corrected chi connectivity index (χ2v) is 7.62. The highest BCUT2D eigenvalue weighted by molar-refractivity contribution is 7.91. The van der Waals surface area contributed by atoms with E-state index in [1.54, 1.807) is 6.92 Å². The van der Waals surface area contributed by atoms with Gasteiger partial charge in [0.25, 0.3) is 0 Å². The minimum absolute atomic E-state index is 0.0376. The number of rotatable bonds is 6. The highest BCUT2D eigenvalue weighted by Crippen LogP contribution is 2.09. The van der Waals surface area contributed by atoms with E-state index in [0.29, 0.717) is 6.54 Å². The third-order valence-electron chi connectivity index (χ3n) is 3.27. The van der Waals surface area contributed by atoms with E-state index in [1.165, 1.54) is 4.90 Å². The fourth-order valence-electron chi connectivity index (χ4n) is 2.23. The van der Waals surface area contributed by atoms with E-state index in [-0.39, 0.29) is 49.1 Å². The molecule has 0 aromatic heterocycles. The van der Waals surface area contributed by atoms with Crippen molar-refractivity contribution in [1.29, 1.82) is 0 Å². The first-order valence-corrected chi connectivity index (χ1v) is 8.96. The number of nitrogens with one attached hydrogen (secondary N) is 1. The minimum atomic E-state index is -3.08. The number of hydrogen-bond donors (Lipinski definition) is 1. The first kappa shape index (κ1) is 17.9. The molecule has 1 heterocycles. The Labute approximate surface area is 125 Å². The van der Waals surface area contributed by atoms with Crippen LogP contribution < -0.4 is 5.32 Å². The summed E-state index contributed by atoms with van der Waals surface area (Å²) in [5, 5.41) is 3.04. The van der Waals surface area contributed by atoms with E-state index in [4.69, 9.17) is 4.74 Å². The van der Waals surface area contributed by atoms with Gasteiger partial charge in [-0.15, -0.1) is 0 Å². The van der Waals surface area contributed by atoms with Crippen molar-refractivity contribution in [2.45, 2.75) is 39.3 Å². The van der Waals surface area contributed by atoms with Crippen molar-refractivity contribution >= 4 is 21.7 Å². The van der Waals surface area contributed by atoms with E-state index >= 15 is 0 Å². The van der Waals surface area contributed by atoms with Crippen LogP contribution in [0.25, 0.3) is 0 Å². The quantitative estimate of drug-likeness (QED) is 0.667. The first-order chi connectivity index (χ1) is 9.75. The molecule has 1 rings (SSSR count). The van der Waals surface area contributed by atoms with Crippen LogP contribution in [0.15, 0.2) is 0 Å². The molecule has 1 atom stereocenters. The molecular weight excluding hydrogens is 296 g/mol. The largest absolute Gasteiger partial charge is 0.465 e. The molecule has 1 fully saturated rings. The van der Waals surface area contributed by atoms with Gasteiger partial charge in [0.15, 0.2) is 9.84 Å². The lowest BCUT2D eigenvalue weighted by molar-refractivity contribution is -0.150. The van der Waals surface area contributed by atoms with E-state index in [2.05, 4.69) is 5.32 Å². The molecule has 7 nitrogen and oxygen atoms in total. The van der Waals surface area contributed by atoms with E-state index in [0.717, 1.165) is 0 Å². The molecule has 1 amide bonds. The van der Waals surface area contributed by atoms with Crippen LogP contribution in [0, 0.1) is 0 Å². The van der Waals surface area contributed by atoms with Crippen molar-refractivity contribution in [3.63, 3.8) is 0 Å². The first-order valence-electron chi connectivity index (χ1n) is 7.14. The van der Waals surface area contributed by atoms with E-state index in [1.807, 2.05) is 13.8 Å². The number of sulfone groups is 1. The normalized spacial score (nSPS) is 21.0. The maximum Gasteiger partial charge on any atom is 0.325 e. The second-order valence-electron chi connectivity index (χ2n) is 5.39. The van der Waals surface area contributed by atoms with Gasteiger partial charge in [-0.2, -0.15) is 0 Å². The lowest BCUT2D eigenvalue weighted by atomic mass is 10.2. The molecule has 1 N–H and O–H groups in total.